The normalized spacial score (nSPS) is 44.9. The summed E-state index contributed by atoms with van der Waals surface area (Å²) in [6, 6.07) is 0.543. The van der Waals surface area contributed by atoms with Crippen molar-refractivity contribution in [2.45, 2.75) is 64.0 Å². The van der Waals surface area contributed by atoms with Crippen LogP contribution in [0.5, 0.6) is 0 Å². The molecule has 2 amide bonds. The van der Waals surface area contributed by atoms with Crippen molar-refractivity contribution >= 4 is 6.03 Å². The van der Waals surface area contributed by atoms with Gasteiger partial charge in [-0.25, -0.2) is 4.79 Å². The Balaban J connectivity index is 1.35. The van der Waals surface area contributed by atoms with Crippen LogP contribution in [0.4, 0.5) is 4.79 Å². The Labute approximate surface area is 133 Å². The smallest absolute Gasteiger partial charge is 0.317 e. The van der Waals surface area contributed by atoms with Gasteiger partial charge in [0.05, 0.1) is 6.10 Å². The quantitative estimate of drug-likeness (QED) is 0.824. The van der Waals surface area contributed by atoms with Gasteiger partial charge in [-0.2, -0.15) is 0 Å². The average Bonchev–Trinajstić information content (AvgIpc) is 3.19. The van der Waals surface area contributed by atoms with E-state index in [1.54, 1.807) is 0 Å². The van der Waals surface area contributed by atoms with Crippen LogP contribution in [0.2, 0.25) is 0 Å². The molecule has 4 aliphatic rings. The summed E-state index contributed by atoms with van der Waals surface area (Å²) in [6.45, 7) is 3.42. The van der Waals surface area contributed by atoms with E-state index >= 15 is 0 Å². The van der Waals surface area contributed by atoms with Crippen LogP contribution in [0.3, 0.4) is 0 Å². The van der Waals surface area contributed by atoms with Gasteiger partial charge in [0.1, 0.15) is 0 Å². The number of likely N-dealkylation sites (tertiary alicyclic amines) is 1. The molecule has 3 saturated carbocycles. The predicted molar refractivity (Wildman–Crippen MR) is 85.3 cm³/mol. The van der Waals surface area contributed by atoms with Crippen molar-refractivity contribution in [1.29, 1.82) is 0 Å². The minimum Gasteiger partial charge on any atom is -0.393 e. The molecule has 3 aliphatic carbocycles. The minimum absolute atomic E-state index is 0.123. The molecule has 0 spiro atoms. The molecule has 7 atom stereocenters. The summed E-state index contributed by atoms with van der Waals surface area (Å²) in [6.07, 6.45) is 8.56. The van der Waals surface area contributed by atoms with E-state index < -0.39 is 0 Å². The maximum absolute atomic E-state index is 12.6. The van der Waals surface area contributed by atoms with Gasteiger partial charge in [0.2, 0.25) is 0 Å². The van der Waals surface area contributed by atoms with E-state index in [4.69, 9.17) is 0 Å². The van der Waals surface area contributed by atoms with Gasteiger partial charge < -0.3 is 15.3 Å². The maximum atomic E-state index is 12.6. The summed E-state index contributed by atoms with van der Waals surface area (Å²) in [4.78, 5) is 14.6. The number of nitrogens with zero attached hydrogens (tertiary/aromatic N) is 1. The fraction of sp³-hybridized carbons (Fsp3) is 0.944. The van der Waals surface area contributed by atoms with Crippen LogP contribution in [0.25, 0.3) is 0 Å². The molecule has 0 radical (unpaired) electrons. The third-order valence-electron chi connectivity index (χ3n) is 7.16. The molecule has 22 heavy (non-hydrogen) atoms. The number of fused-ring (bicyclic) bond motifs is 5. The van der Waals surface area contributed by atoms with E-state index in [9.17, 15) is 9.90 Å². The number of aliphatic hydroxyl groups is 1. The zero-order valence-corrected chi connectivity index (χ0v) is 13.7. The van der Waals surface area contributed by atoms with Gasteiger partial charge in [0.15, 0.2) is 0 Å². The number of aliphatic hydroxyl groups excluding tert-OH is 1. The lowest BCUT2D eigenvalue weighted by Crippen LogP contribution is -2.52. The highest BCUT2D eigenvalue weighted by Crippen LogP contribution is 2.58. The van der Waals surface area contributed by atoms with Crippen molar-refractivity contribution in [2.75, 3.05) is 13.1 Å². The minimum atomic E-state index is -0.308. The number of hydrogen-bond donors (Lipinski definition) is 2. The van der Waals surface area contributed by atoms with Gasteiger partial charge in [0, 0.05) is 25.0 Å². The third kappa shape index (κ3) is 2.44. The lowest BCUT2D eigenvalue weighted by Gasteiger charge is -2.37. The fourth-order valence-corrected chi connectivity index (χ4v) is 6.07. The summed E-state index contributed by atoms with van der Waals surface area (Å²) in [5, 5.41) is 13.1. The Morgan fingerprint density at radius 1 is 1.14 bits per heavy atom. The van der Waals surface area contributed by atoms with Crippen molar-refractivity contribution in [2.24, 2.45) is 29.6 Å². The molecule has 1 heterocycles. The van der Waals surface area contributed by atoms with Crippen molar-refractivity contribution < 1.29 is 9.90 Å². The molecule has 4 rings (SSSR count). The average molecular weight is 306 g/mol. The summed E-state index contributed by atoms with van der Waals surface area (Å²) >= 11 is 0. The second-order valence-corrected chi connectivity index (χ2v) is 8.30. The van der Waals surface area contributed by atoms with Gasteiger partial charge in [0.25, 0.3) is 0 Å². The van der Waals surface area contributed by atoms with Crippen LogP contribution in [-0.2, 0) is 0 Å². The van der Waals surface area contributed by atoms with E-state index in [-0.39, 0.29) is 18.1 Å². The highest BCUT2D eigenvalue weighted by Gasteiger charge is 2.54. The molecule has 1 saturated heterocycles. The number of carbonyl (C=O) groups is 1. The summed E-state index contributed by atoms with van der Waals surface area (Å²) in [5.74, 6) is 3.76. The van der Waals surface area contributed by atoms with Gasteiger partial charge in [-0.05, 0) is 69.1 Å². The number of nitrogens with one attached hydrogen (secondary N) is 1. The van der Waals surface area contributed by atoms with Crippen LogP contribution >= 0.6 is 0 Å². The van der Waals surface area contributed by atoms with Crippen LogP contribution in [0, 0.1) is 29.6 Å². The van der Waals surface area contributed by atoms with Crippen molar-refractivity contribution in [1.82, 2.24) is 10.2 Å². The van der Waals surface area contributed by atoms with Gasteiger partial charge >= 0.3 is 6.03 Å². The SMILES string of the molecule is CC(O)C1CCCN(C(=O)NC2CC3CC2C2CCCC32)C1. The molecule has 124 valence electrons. The van der Waals surface area contributed by atoms with Gasteiger partial charge in [-0.15, -0.1) is 0 Å². The zero-order valence-electron chi connectivity index (χ0n) is 13.7. The number of hydrogen-bond acceptors (Lipinski definition) is 2. The summed E-state index contributed by atoms with van der Waals surface area (Å²) < 4.78 is 0. The molecule has 4 fully saturated rings. The predicted octanol–water partition coefficient (Wildman–Crippen LogP) is 2.61. The first-order chi connectivity index (χ1) is 10.6. The largest absolute Gasteiger partial charge is 0.393 e. The Morgan fingerprint density at radius 3 is 2.77 bits per heavy atom. The van der Waals surface area contributed by atoms with Crippen LogP contribution in [0.15, 0.2) is 0 Å². The second-order valence-electron chi connectivity index (χ2n) is 8.30. The molecule has 0 aromatic rings. The first-order valence-corrected chi connectivity index (χ1v) is 9.37. The molecule has 1 aliphatic heterocycles. The molecular formula is C18H30N2O2. The lowest BCUT2D eigenvalue weighted by molar-refractivity contribution is 0.0720. The van der Waals surface area contributed by atoms with Crippen LogP contribution in [-0.4, -0.2) is 41.3 Å². The van der Waals surface area contributed by atoms with E-state index in [1.807, 2.05) is 11.8 Å². The summed E-state index contributed by atoms with van der Waals surface area (Å²) in [7, 11) is 0. The first kappa shape index (κ1) is 14.8. The maximum Gasteiger partial charge on any atom is 0.317 e. The van der Waals surface area contributed by atoms with Gasteiger partial charge in [-0.1, -0.05) is 6.42 Å². The zero-order chi connectivity index (χ0) is 15.3. The van der Waals surface area contributed by atoms with Crippen LogP contribution in [0.1, 0.15) is 51.9 Å². The molecule has 2 N–H and O–H groups in total. The topological polar surface area (TPSA) is 52.6 Å². The molecule has 2 bridgehead atoms. The fourth-order valence-electron chi connectivity index (χ4n) is 6.07. The molecular weight excluding hydrogens is 276 g/mol. The second kappa shape index (κ2) is 5.70. The summed E-state index contributed by atoms with van der Waals surface area (Å²) in [5.41, 5.74) is 0. The molecule has 0 aromatic carbocycles. The third-order valence-corrected chi connectivity index (χ3v) is 7.16. The van der Waals surface area contributed by atoms with Crippen LogP contribution < -0.4 is 5.32 Å². The Hall–Kier alpha value is -0.770. The lowest BCUT2D eigenvalue weighted by atomic mass is 9.79. The Morgan fingerprint density at radius 2 is 1.95 bits per heavy atom. The Kier molecular flexibility index (Phi) is 3.83. The van der Waals surface area contributed by atoms with Crippen molar-refractivity contribution in [3.8, 4) is 0 Å². The first-order valence-electron chi connectivity index (χ1n) is 9.37. The van der Waals surface area contributed by atoms with Crippen molar-refractivity contribution in [3.63, 3.8) is 0 Å². The molecule has 0 aromatic heterocycles. The van der Waals surface area contributed by atoms with Crippen molar-refractivity contribution in [3.05, 3.63) is 0 Å². The van der Waals surface area contributed by atoms with E-state index in [2.05, 4.69) is 5.32 Å². The number of amides is 2. The molecule has 4 nitrogen and oxygen atoms in total. The van der Waals surface area contributed by atoms with Gasteiger partial charge in [-0.3, -0.25) is 0 Å². The standard InChI is InChI=1S/C18H30N2O2/c1-11(21)12-4-3-7-20(10-12)18(22)19-17-9-13-8-16(17)15-6-2-5-14(13)15/h11-17,21H,2-10H2,1H3,(H,19,22). The number of rotatable bonds is 2. The number of piperidine rings is 1. The van der Waals surface area contributed by atoms with E-state index in [0.29, 0.717) is 6.04 Å². The number of urea groups is 1. The molecule has 4 heteroatoms. The Bertz CT molecular complexity index is 439. The molecule has 7 unspecified atom stereocenters. The number of carbonyl (C=O) groups excluding carboxylic acids is 1. The monoisotopic (exact) mass is 306 g/mol. The highest BCUT2D eigenvalue weighted by molar-refractivity contribution is 5.74. The van der Waals surface area contributed by atoms with E-state index in [0.717, 1.165) is 49.6 Å². The van der Waals surface area contributed by atoms with E-state index in [1.165, 1.54) is 32.1 Å². The highest BCUT2D eigenvalue weighted by atomic mass is 16.3.